The quantitative estimate of drug-likeness (QED) is 0.923. The van der Waals surface area contributed by atoms with Crippen LogP contribution in [0.4, 0.5) is 5.69 Å². The van der Waals surface area contributed by atoms with Crippen LogP contribution in [0.25, 0.3) is 0 Å². The summed E-state index contributed by atoms with van der Waals surface area (Å²) in [4.78, 5) is 19.9. The number of benzene rings is 1. The Morgan fingerprint density at radius 2 is 1.90 bits per heavy atom. The normalized spacial score (nSPS) is 9.95. The summed E-state index contributed by atoms with van der Waals surface area (Å²) in [6, 6.07) is 3.51. The van der Waals surface area contributed by atoms with Crippen molar-refractivity contribution in [1.29, 1.82) is 0 Å². The molecule has 1 aromatic carbocycles. The van der Waals surface area contributed by atoms with Gasteiger partial charge in [-0.1, -0.05) is 0 Å². The van der Waals surface area contributed by atoms with E-state index in [1.807, 2.05) is 6.92 Å². The molecule has 1 amide bonds. The maximum atomic E-state index is 12.1. The standard InChI is InChI=1S/C14H15N3O3/c1-9-6-13(20-3)10(7-12(9)19-2)17-14(18)11-8-15-4-5-16-11/h4-8H,1-3H3,(H,17,18). The van der Waals surface area contributed by atoms with Crippen molar-refractivity contribution in [3.05, 3.63) is 42.0 Å². The molecule has 6 nitrogen and oxygen atoms in total. The first-order valence-corrected chi connectivity index (χ1v) is 5.95. The van der Waals surface area contributed by atoms with Crippen molar-refractivity contribution in [3.63, 3.8) is 0 Å². The maximum absolute atomic E-state index is 12.1. The van der Waals surface area contributed by atoms with Gasteiger partial charge in [0.2, 0.25) is 0 Å². The predicted molar refractivity (Wildman–Crippen MR) is 74.3 cm³/mol. The fourth-order valence-corrected chi connectivity index (χ4v) is 1.75. The second-order valence-corrected chi connectivity index (χ2v) is 4.07. The second-order valence-electron chi connectivity index (χ2n) is 4.07. The third-order valence-electron chi connectivity index (χ3n) is 2.76. The van der Waals surface area contributed by atoms with Crippen LogP contribution in [0.5, 0.6) is 11.5 Å². The number of hydrogen-bond acceptors (Lipinski definition) is 5. The minimum absolute atomic E-state index is 0.231. The van der Waals surface area contributed by atoms with E-state index in [-0.39, 0.29) is 11.6 Å². The Labute approximate surface area is 116 Å². The highest BCUT2D eigenvalue weighted by Crippen LogP contribution is 2.32. The average molecular weight is 273 g/mol. The highest BCUT2D eigenvalue weighted by molar-refractivity contribution is 6.03. The third-order valence-corrected chi connectivity index (χ3v) is 2.76. The van der Waals surface area contributed by atoms with E-state index in [1.165, 1.54) is 18.6 Å². The van der Waals surface area contributed by atoms with Gasteiger partial charge in [0, 0.05) is 18.5 Å². The van der Waals surface area contributed by atoms with Crippen LogP contribution in [0.1, 0.15) is 16.1 Å². The molecule has 0 saturated carbocycles. The molecule has 1 heterocycles. The van der Waals surface area contributed by atoms with Crippen molar-refractivity contribution < 1.29 is 14.3 Å². The first-order chi connectivity index (χ1) is 9.65. The summed E-state index contributed by atoms with van der Waals surface area (Å²) >= 11 is 0. The van der Waals surface area contributed by atoms with Gasteiger partial charge in [0.15, 0.2) is 0 Å². The number of amides is 1. The van der Waals surface area contributed by atoms with Crippen LogP contribution in [0.2, 0.25) is 0 Å². The number of nitrogens with zero attached hydrogens (tertiary/aromatic N) is 2. The highest BCUT2D eigenvalue weighted by atomic mass is 16.5. The fraction of sp³-hybridized carbons (Fsp3) is 0.214. The maximum Gasteiger partial charge on any atom is 0.275 e. The van der Waals surface area contributed by atoms with E-state index in [4.69, 9.17) is 9.47 Å². The Hall–Kier alpha value is -2.63. The molecule has 0 aliphatic carbocycles. The lowest BCUT2D eigenvalue weighted by atomic mass is 10.2. The van der Waals surface area contributed by atoms with Gasteiger partial charge in [-0.05, 0) is 18.6 Å². The Bertz CT molecular complexity index is 615. The summed E-state index contributed by atoms with van der Waals surface area (Å²) in [5.41, 5.74) is 1.67. The van der Waals surface area contributed by atoms with E-state index in [2.05, 4.69) is 15.3 Å². The molecule has 0 spiro atoms. The van der Waals surface area contributed by atoms with E-state index in [1.54, 1.807) is 26.4 Å². The lowest BCUT2D eigenvalue weighted by molar-refractivity contribution is 0.102. The summed E-state index contributed by atoms with van der Waals surface area (Å²) in [6.07, 6.45) is 4.36. The van der Waals surface area contributed by atoms with Crippen molar-refractivity contribution >= 4 is 11.6 Å². The lowest BCUT2D eigenvalue weighted by Crippen LogP contribution is -2.14. The number of rotatable bonds is 4. The van der Waals surface area contributed by atoms with Crippen molar-refractivity contribution in [3.8, 4) is 11.5 Å². The molecule has 1 aromatic heterocycles. The molecule has 0 atom stereocenters. The number of anilines is 1. The van der Waals surface area contributed by atoms with Gasteiger partial charge in [-0.25, -0.2) is 4.98 Å². The number of nitrogens with one attached hydrogen (secondary N) is 1. The van der Waals surface area contributed by atoms with Crippen LogP contribution < -0.4 is 14.8 Å². The molecule has 0 aliphatic rings. The van der Waals surface area contributed by atoms with E-state index in [9.17, 15) is 4.79 Å². The first-order valence-electron chi connectivity index (χ1n) is 5.95. The molecule has 104 valence electrons. The zero-order valence-electron chi connectivity index (χ0n) is 11.5. The molecule has 0 bridgehead atoms. The molecular formula is C14H15N3O3. The number of ether oxygens (including phenoxy) is 2. The molecule has 0 fully saturated rings. The summed E-state index contributed by atoms with van der Waals surface area (Å²) < 4.78 is 10.5. The molecular weight excluding hydrogens is 258 g/mol. The lowest BCUT2D eigenvalue weighted by Gasteiger charge is -2.13. The molecule has 2 rings (SSSR count). The van der Waals surface area contributed by atoms with Crippen LogP contribution in [-0.2, 0) is 0 Å². The molecule has 0 aliphatic heterocycles. The Kier molecular flexibility index (Phi) is 4.14. The molecule has 1 N–H and O–H groups in total. The average Bonchev–Trinajstić information content (AvgIpc) is 2.49. The van der Waals surface area contributed by atoms with Gasteiger partial charge in [0.1, 0.15) is 17.2 Å². The van der Waals surface area contributed by atoms with Crippen LogP contribution in [0.3, 0.4) is 0 Å². The zero-order valence-corrected chi connectivity index (χ0v) is 11.5. The van der Waals surface area contributed by atoms with Crippen LogP contribution in [0, 0.1) is 6.92 Å². The van der Waals surface area contributed by atoms with E-state index >= 15 is 0 Å². The molecule has 0 saturated heterocycles. The monoisotopic (exact) mass is 273 g/mol. The van der Waals surface area contributed by atoms with Crippen molar-refractivity contribution in [1.82, 2.24) is 9.97 Å². The summed E-state index contributed by atoms with van der Waals surface area (Å²) in [5.74, 6) is 0.864. The van der Waals surface area contributed by atoms with E-state index in [0.29, 0.717) is 17.2 Å². The largest absolute Gasteiger partial charge is 0.496 e. The predicted octanol–water partition coefficient (Wildman–Crippen LogP) is 2.05. The SMILES string of the molecule is COc1cc(NC(=O)c2cnccn2)c(OC)cc1C. The van der Waals surface area contributed by atoms with Gasteiger partial charge in [-0.3, -0.25) is 9.78 Å². The van der Waals surface area contributed by atoms with Crippen molar-refractivity contribution in [2.75, 3.05) is 19.5 Å². The number of hydrogen-bond donors (Lipinski definition) is 1. The van der Waals surface area contributed by atoms with Gasteiger partial charge in [-0.15, -0.1) is 0 Å². The number of aryl methyl sites for hydroxylation is 1. The Morgan fingerprint density at radius 1 is 1.15 bits per heavy atom. The van der Waals surface area contributed by atoms with Gasteiger partial charge in [0.05, 0.1) is 26.1 Å². The fourth-order valence-electron chi connectivity index (χ4n) is 1.75. The Morgan fingerprint density at radius 3 is 2.50 bits per heavy atom. The first kappa shape index (κ1) is 13.8. The van der Waals surface area contributed by atoms with Gasteiger partial charge in [0.25, 0.3) is 5.91 Å². The summed E-state index contributed by atoms with van der Waals surface area (Å²) in [6.45, 7) is 1.90. The minimum atomic E-state index is -0.359. The number of carbonyl (C=O) groups is 1. The molecule has 0 radical (unpaired) electrons. The molecule has 20 heavy (non-hydrogen) atoms. The molecule has 0 unspecified atom stereocenters. The summed E-state index contributed by atoms with van der Waals surface area (Å²) in [7, 11) is 3.11. The molecule has 2 aromatic rings. The number of methoxy groups -OCH3 is 2. The molecule has 6 heteroatoms. The van der Waals surface area contributed by atoms with Crippen LogP contribution in [-0.4, -0.2) is 30.1 Å². The minimum Gasteiger partial charge on any atom is -0.496 e. The summed E-state index contributed by atoms with van der Waals surface area (Å²) in [5, 5.41) is 2.73. The van der Waals surface area contributed by atoms with Gasteiger partial charge >= 0.3 is 0 Å². The zero-order chi connectivity index (χ0) is 14.5. The smallest absolute Gasteiger partial charge is 0.275 e. The number of aromatic nitrogens is 2. The Balaban J connectivity index is 2.31. The topological polar surface area (TPSA) is 73.3 Å². The van der Waals surface area contributed by atoms with Crippen LogP contribution in [0.15, 0.2) is 30.7 Å². The van der Waals surface area contributed by atoms with Crippen molar-refractivity contribution in [2.24, 2.45) is 0 Å². The highest BCUT2D eigenvalue weighted by Gasteiger charge is 2.13. The van der Waals surface area contributed by atoms with E-state index in [0.717, 1.165) is 5.56 Å². The van der Waals surface area contributed by atoms with E-state index < -0.39 is 0 Å². The third kappa shape index (κ3) is 2.85. The van der Waals surface area contributed by atoms with Gasteiger partial charge < -0.3 is 14.8 Å². The second kappa shape index (κ2) is 6.01. The number of carbonyl (C=O) groups excluding carboxylic acids is 1. The van der Waals surface area contributed by atoms with Crippen molar-refractivity contribution in [2.45, 2.75) is 6.92 Å². The van der Waals surface area contributed by atoms with Gasteiger partial charge in [-0.2, -0.15) is 0 Å². The van der Waals surface area contributed by atoms with Crippen LogP contribution >= 0.6 is 0 Å².